The fourth-order valence-electron chi connectivity index (χ4n) is 6.20. The Balaban J connectivity index is 1.62. The van der Waals surface area contributed by atoms with E-state index in [-0.39, 0.29) is 23.7 Å². The molecule has 0 saturated heterocycles. The highest BCUT2D eigenvalue weighted by molar-refractivity contribution is 6.30. The summed E-state index contributed by atoms with van der Waals surface area (Å²) in [5, 5.41) is 1.46. The Morgan fingerprint density at radius 3 is 2.45 bits per heavy atom. The second kappa shape index (κ2) is 10.1. The van der Waals surface area contributed by atoms with Gasteiger partial charge in [-0.05, 0) is 55.0 Å². The smallest absolute Gasteiger partial charge is 0.250 e. The lowest BCUT2D eigenvalue weighted by atomic mass is 9.72. The minimum atomic E-state index is -1.71. The molecule has 0 fully saturated rings. The Morgan fingerprint density at radius 2 is 1.76 bits per heavy atom. The van der Waals surface area contributed by atoms with Gasteiger partial charge in [-0.1, -0.05) is 38.0 Å². The van der Waals surface area contributed by atoms with Gasteiger partial charge < -0.3 is 10.5 Å². The number of methoxy groups -OCH3 is 1. The lowest BCUT2D eigenvalue weighted by molar-refractivity contribution is -0.121. The predicted molar refractivity (Wildman–Crippen MR) is 160 cm³/mol. The first-order valence-electron chi connectivity index (χ1n) is 13.8. The van der Waals surface area contributed by atoms with Crippen molar-refractivity contribution < 1.29 is 23.5 Å². The van der Waals surface area contributed by atoms with Crippen molar-refractivity contribution in [3.05, 3.63) is 90.0 Å². The monoisotopic (exact) mass is 564 g/mol. The molecule has 0 radical (unpaired) electrons. The minimum Gasteiger partial charge on any atom is -0.495 e. The van der Waals surface area contributed by atoms with Gasteiger partial charge in [-0.2, -0.15) is 0 Å². The molecule has 2 aromatic heterocycles. The lowest BCUT2D eigenvalue weighted by Crippen LogP contribution is -2.45. The van der Waals surface area contributed by atoms with E-state index in [1.165, 1.54) is 49.4 Å². The molecule has 0 spiro atoms. The number of nitrogens with zero attached hydrogens (tertiary/aromatic N) is 3. The molecule has 1 atom stereocenters. The Kier molecular flexibility index (Phi) is 6.52. The van der Waals surface area contributed by atoms with Gasteiger partial charge in [-0.25, -0.2) is 4.39 Å². The molecule has 0 aliphatic carbocycles. The minimum absolute atomic E-state index is 0.0764. The van der Waals surface area contributed by atoms with Crippen LogP contribution in [0.3, 0.4) is 0 Å². The second-order valence-electron chi connectivity index (χ2n) is 10.5. The highest BCUT2D eigenvalue weighted by Gasteiger charge is 2.58. The summed E-state index contributed by atoms with van der Waals surface area (Å²) in [4.78, 5) is 48.0. The second-order valence-corrected chi connectivity index (χ2v) is 10.5. The molecule has 3 aromatic carbocycles. The lowest BCUT2D eigenvalue weighted by Gasteiger charge is -2.28. The van der Waals surface area contributed by atoms with Crippen molar-refractivity contribution in [2.75, 3.05) is 17.7 Å². The van der Waals surface area contributed by atoms with Crippen molar-refractivity contribution in [2.45, 2.75) is 38.5 Å². The van der Waals surface area contributed by atoms with E-state index in [0.29, 0.717) is 45.5 Å². The molecular weight excluding hydrogens is 535 g/mol. The maximum Gasteiger partial charge on any atom is 0.250 e. The predicted octanol–water partition coefficient (Wildman–Crippen LogP) is 6.57. The molecule has 2 N–H and O–H groups in total. The summed E-state index contributed by atoms with van der Waals surface area (Å²) in [6.07, 6.45) is 2.95. The zero-order valence-electron chi connectivity index (χ0n) is 23.5. The molecule has 6 rings (SSSR count). The van der Waals surface area contributed by atoms with Crippen LogP contribution in [0.25, 0.3) is 21.8 Å². The number of aromatic nitrogens is 2. The fourth-order valence-corrected chi connectivity index (χ4v) is 6.20. The molecular formula is C33H29FN4O4. The number of hydrogen-bond acceptors (Lipinski definition) is 6. The molecule has 5 aromatic rings. The zero-order valence-corrected chi connectivity index (χ0v) is 23.5. The molecule has 1 aliphatic heterocycles. The van der Waals surface area contributed by atoms with Crippen LogP contribution in [0.2, 0.25) is 0 Å². The zero-order chi connectivity index (χ0) is 29.8. The van der Waals surface area contributed by atoms with Gasteiger partial charge in [0, 0.05) is 28.9 Å². The molecule has 0 saturated carbocycles. The Bertz CT molecular complexity index is 1910. The largest absolute Gasteiger partial charge is 0.495 e. The number of benzene rings is 3. The summed E-state index contributed by atoms with van der Waals surface area (Å²) >= 11 is 0. The van der Waals surface area contributed by atoms with Gasteiger partial charge in [0.1, 0.15) is 22.7 Å². The number of para-hydroxylation sites is 1. The van der Waals surface area contributed by atoms with Gasteiger partial charge in [0.2, 0.25) is 17.6 Å². The van der Waals surface area contributed by atoms with Gasteiger partial charge in [0.25, 0.3) is 0 Å². The summed E-state index contributed by atoms with van der Waals surface area (Å²) in [6, 6.07) is 18.0. The molecule has 3 heterocycles. The average molecular weight is 565 g/mol. The number of pyridine rings is 1. The van der Waals surface area contributed by atoms with Crippen molar-refractivity contribution in [2.24, 2.45) is 0 Å². The number of nitrogen functional groups attached to an aromatic ring is 1. The molecule has 9 heteroatoms. The molecule has 42 heavy (non-hydrogen) atoms. The van der Waals surface area contributed by atoms with Crippen molar-refractivity contribution in [3.8, 4) is 5.75 Å². The number of nitrogens with two attached hydrogens (primary N) is 1. The number of unbranched alkanes of at least 4 members (excludes halogenated alkanes) is 1. The Hall–Kier alpha value is -5.05. The Morgan fingerprint density at radius 1 is 1.02 bits per heavy atom. The number of ether oxygens (including phenoxy) is 1. The van der Waals surface area contributed by atoms with Crippen molar-refractivity contribution in [3.63, 3.8) is 0 Å². The van der Waals surface area contributed by atoms with E-state index >= 15 is 0 Å². The van der Waals surface area contributed by atoms with Crippen LogP contribution in [0.5, 0.6) is 5.75 Å². The molecule has 1 amide bonds. The van der Waals surface area contributed by atoms with Crippen molar-refractivity contribution >= 4 is 56.5 Å². The SMILES string of the molecule is CCCCC1(C(=O)c2cc3c4ccccc4n(C(C)=O)c3cn2)C(=O)N(c2ccc(F)cc2)c2ccc(OC)c(N)c21. The fraction of sp³-hybridized carbons (Fsp3) is 0.212. The maximum atomic E-state index is 14.8. The summed E-state index contributed by atoms with van der Waals surface area (Å²) in [5.74, 6) is -1.29. The van der Waals surface area contributed by atoms with Gasteiger partial charge in [-0.3, -0.25) is 28.8 Å². The third kappa shape index (κ3) is 3.80. The van der Waals surface area contributed by atoms with Gasteiger partial charge in [0.15, 0.2) is 0 Å². The number of fused-ring (bicyclic) bond motifs is 4. The number of Topliss-reactive ketones (excluding diaryl/α,β-unsaturated/α-hetero) is 1. The number of anilines is 3. The average Bonchev–Trinajstić information content (AvgIpc) is 3.46. The van der Waals surface area contributed by atoms with Crippen LogP contribution in [0.4, 0.5) is 21.5 Å². The first-order valence-corrected chi connectivity index (χ1v) is 13.8. The maximum absolute atomic E-state index is 14.8. The number of amides is 1. The summed E-state index contributed by atoms with van der Waals surface area (Å²) in [6.45, 7) is 3.45. The third-order valence-corrected chi connectivity index (χ3v) is 8.12. The number of rotatable bonds is 7. The highest BCUT2D eigenvalue weighted by Crippen LogP contribution is 2.54. The van der Waals surface area contributed by atoms with Crippen LogP contribution in [-0.2, 0) is 10.2 Å². The standard InChI is InChI=1S/C33H29FN4O4/c1-4-5-16-33(31(40)24-17-23-22-8-6-7-9-25(22)37(19(2)39)27(23)18-36-24)29-26(14-15-28(42-3)30(29)35)38(32(33)41)21-12-10-20(34)11-13-21/h6-15,17-18H,4-5,16,35H2,1-3H3. The first kappa shape index (κ1) is 27.1. The third-order valence-electron chi connectivity index (χ3n) is 8.12. The van der Waals surface area contributed by atoms with Gasteiger partial charge >= 0.3 is 0 Å². The van der Waals surface area contributed by atoms with Crippen LogP contribution < -0.4 is 15.4 Å². The highest BCUT2D eigenvalue weighted by atomic mass is 19.1. The molecule has 1 unspecified atom stereocenters. The van der Waals surface area contributed by atoms with E-state index in [2.05, 4.69) is 4.98 Å². The molecule has 212 valence electrons. The van der Waals surface area contributed by atoms with Gasteiger partial charge in [-0.15, -0.1) is 0 Å². The normalized spacial score (nSPS) is 16.3. The van der Waals surface area contributed by atoms with Crippen LogP contribution in [0.15, 0.2) is 72.9 Å². The number of carbonyl (C=O) groups excluding carboxylic acids is 3. The van der Waals surface area contributed by atoms with Crippen molar-refractivity contribution in [1.82, 2.24) is 9.55 Å². The van der Waals surface area contributed by atoms with Crippen LogP contribution in [0.1, 0.15) is 54.0 Å². The van der Waals surface area contributed by atoms with E-state index in [1.54, 1.807) is 22.8 Å². The van der Waals surface area contributed by atoms with Gasteiger partial charge in [0.05, 0.1) is 35.7 Å². The summed E-state index contributed by atoms with van der Waals surface area (Å²) in [5.41, 5.74) is 7.67. The molecule has 1 aliphatic rings. The van der Waals surface area contributed by atoms with E-state index in [9.17, 15) is 18.8 Å². The number of halogens is 1. The van der Waals surface area contributed by atoms with Crippen LogP contribution >= 0.6 is 0 Å². The number of ketones is 1. The molecule has 0 bridgehead atoms. The van der Waals surface area contributed by atoms with Crippen molar-refractivity contribution in [1.29, 1.82) is 0 Å². The van der Waals surface area contributed by atoms with E-state index < -0.39 is 22.9 Å². The van der Waals surface area contributed by atoms with E-state index in [1.807, 2.05) is 31.2 Å². The van der Waals surface area contributed by atoms with Crippen LogP contribution in [0, 0.1) is 5.82 Å². The quantitative estimate of drug-likeness (QED) is 0.136. The number of carbonyl (C=O) groups is 3. The number of hydrogen-bond donors (Lipinski definition) is 1. The molecule has 8 nitrogen and oxygen atoms in total. The first-order chi connectivity index (χ1) is 20.2. The Labute approximate surface area is 241 Å². The van der Waals surface area contributed by atoms with E-state index in [4.69, 9.17) is 10.5 Å². The van der Waals surface area contributed by atoms with Crippen LogP contribution in [-0.4, -0.2) is 34.3 Å². The topological polar surface area (TPSA) is 108 Å². The summed E-state index contributed by atoms with van der Waals surface area (Å²) < 4.78 is 20.9. The van der Waals surface area contributed by atoms with E-state index in [0.717, 1.165) is 11.8 Å². The summed E-state index contributed by atoms with van der Waals surface area (Å²) in [7, 11) is 1.47.